The van der Waals surface area contributed by atoms with Crippen LogP contribution in [0.25, 0.3) is 11.0 Å². The SMILES string of the molecule is CCONC(=O)c1oc2ccccc2c1CSc1ncccn1. The van der Waals surface area contributed by atoms with E-state index in [0.29, 0.717) is 23.1 Å². The van der Waals surface area contributed by atoms with Crippen LogP contribution in [0, 0.1) is 0 Å². The van der Waals surface area contributed by atoms with Crippen molar-refractivity contribution < 1.29 is 14.0 Å². The summed E-state index contributed by atoms with van der Waals surface area (Å²) in [4.78, 5) is 25.6. The Balaban J connectivity index is 1.91. The maximum Gasteiger partial charge on any atom is 0.310 e. The molecule has 0 saturated carbocycles. The van der Waals surface area contributed by atoms with Gasteiger partial charge >= 0.3 is 5.91 Å². The number of fused-ring (bicyclic) bond motifs is 1. The fraction of sp³-hybridized carbons (Fsp3) is 0.188. The summed E-state index contributed by atoms with van der Waals surface area (Å²) in [6.07, 6.45) is 3.37. The van der Waals surface area contributed by atoms with Crippen molar-refractivity contribution in [3.8, 4) is 0 Å². The first kappa shape index (κ1) is 15.5. The first-order chi connectivity index (χ1) is 11.3. The van der Waals surface area contributed by atoms with Crippen molar-refractivity contribution in [2.75, 3.05) is 6.61 Å². The van der Waals surface area contributed by atoms with E-state index in [0.717, 1.165) is 10.9 Å². The second-order valence-electron chi connectivity index (χ2n) is 4.59. The molecule has 2 heterocycles. The molecule has 0 fully saturated rings. The van der Waals surface area contributed by atoms with Crippen LogP contribution in [0.5, 0.6) is 0 Å². The van der Waals surface area contributed by atoms with E-state index in [4.69, 9.17) is 9.25 Å². The Labute approximate surface area is 137 Å². The molecule has 0 aliphatic carbocycles. The summed E-state index contributed by atoms with van der Waals surface area (Å²) in [6.45, 7) is 2.18. The van der Waals surface area contributed by atoms with Gasteiger partial charge in [0.2, 0.25) is 0 Å². The summed E-state index contributed by atoms with van der Waals surface area (Å²) in [5.74, 6) is 0.381. The fourth-order valence-electron chi connectivity index (χ4n) is 2.11. The quantitative estimate of drug-likeness (QED) is 0.425. The average Bonchev–Trinajstić information content (AvgIpc) is 2.97. The van der Waals surface area contributed by atoms with E-state index in [2.05, 4.69) is 15.4 Å². The molecule has 0 spiro atoms. The van der Waals surface area contributed by atoms with Crippen LogP contribution in [0.15, 0.2) is 52.3 Å². The Morgan fingerprint density at radius 2 is 2.04 bits per heavy atom. The number of amides is 1. The number of hydrogen-bond acceptors (Lipinski definition) is 6. The molecule has 3 aromatic rings. The molecule has 0 unspecified atom stereocenters. The molecule has 0 radical (unpaired) electrons. The Bertz CT molecular complexity index is 805. The number of hydrogen-bond donors (Lipinski definition) is 1. The van der Waals surface area contributed by atoms with Gasteiger partial charge in [0.05, 0.1) is 6.61 Å². The van der Waals surface area contributed by atoms with Crippen molar-refractivity contribution in [2.24, 2.45) is 0 Å². The summed E-state index contributed by atoms with van der Waals surface area (Å²) in [5.41, 5.74) is 3.84. The van der Waals surface area contributed by atoms with Crippen molar-refractivity contribution in [1.82, 2.24) is 15.4 Å². The zero-order valence-electron chi connectivity index (χ0n) is 12.5. The van der Waals surface area contributed by atoms with Gasteiger partial charge in [-0.3, -0.25) is 9.63 Å². The number of hydroxylamine groups is 1. The Kier molecular flexibility index (Phi) is 4.89. The number of furan rings is 1. The van der Waals surface area contributed by atoms with Crippen molar-refractivity contribution in [1.29, 1.82) is 0 Å². The van der Waals surface area contributed by atoms with Gasteiger partial charge in [-0.15, -0.1) is 0 Å². The van der Waals surface area contributed by atoms with Crippen LogP contribution in [0.1, 0.15) is 23.0 Å². The van der Waals surface area contributed by atoms with E-state index in [1.807, 2.05) is 24.3 Å². The number of thioether (sulfide) groups is 1. The molecule has 0 aliphatic heterocycles. The van der Waals surface area contributed by atoms with Crippen molar-refractivity contribution >= 4 is 28.6 Å². The molecular weight excluding hydrogens is 314 g/mol. The number of aromatic nitrogens is 2. The molecule has 0 saturated heterocycles. The maximum absolute atomic E-state index is 12.2. The van der Waals surface area contributed by atoms with Gasteiger partial charge in [0.1, 0.15) is 5.58 Å². The lowest BCUT2D eigenvalue weighted by atomic mass is 10.1. The molecule has 0 atom stereocenters. The Morgan fingerprint density at radius 3 is 2.83 bits per heavy atom. The van der Waals surface area contributed by atoms with E-state index in [1.165, 1.54) is 11.8 Å². The van der Waals surface area contributed by atoms with E-state index in [1.54, 1.807) is 25.4 Å². The fourth-order valence-corrected chi connectivity index (χ4v) is 2.94. The van der Waals surface area contributed by atoms with Gasteiger partial charge in [0.15, 0.2) is 10.9 Å². The van der Waals surface area contributed by atoms with Gasteiger partial charge < -0.3 is 4.42 Å². The highest BCUT2D eigenvalue weighted by molar-refractivity contribution is 7.98. The monoisotopic (exact) mass is 329 g/mol. The average molecular weight is 329 g/mol. The normalized spacial score (nSPS) is 10.8. The molecule has 0 bridgehead atoms. The zero-order valence-corrected chi connectivity index (χ0v) is 13.3. The number of carbonyl (C=O) groups excluding carboxylic acids is 1. The van der Waals surface area contributed by atoms with Crippen LogP contribution in [0.2, 0.25) is 0 Å². The molecule has 3 rings (SSSR count). The smallest absolute Gasteiger partial charge is 0.310 e. The molecule has 1 N–H and O–H groups in total. The van der Waals surface area contributed by atoms with Crippen LogP contribution >= 0.6 is 11.8 Å². The predicted octanol–water partition coefficient (Wildman–Crippen LogP) is 3.20. The third kappa shape index (κ3) is 3.52. The summed E-state index contributed by atoms with van der Waals surface area (Å²) in [5, 5.41) is 1.55. The highest BCUT2D eigenvalue weighted by atomic mass is 32.2. The van der Waals surface area contributed by atoms with E-state index in [9.17, 15) is 4.79 Å². The summed E-state index contributed by atoms with van der Waals surface area (Å²) in [7, 11) is 0. The maximum atomic E-state index is 12.2. The molecule has 118 valence electrons. The Morgan fingerprint density at radius 1 is 1.26 bits per heavy atom. The van der Waals surface area contributed by atoms with Crippen molar-refractivity contribution in [2.45, 2.75) is 17.8 Å². The Hall–Kier alpha value is -2.38. The molecule has 0 aliphatic rings. The topological polar surface area (TPSA) is 77.2 Å². The lowest BCUT2D eigenvalue weighted by molar-refractivity contribution is 0.0341. The standard InChI is InChI=1S/C16H15N3O3S/c1-2-21-19-15(20)14-12(10-23-16-17-8-5-9-18-16)11-6-3-4-7-13(11)22-14/h3-9H,2,10H2,1H3,(H,19,20). The molecule has 7 heteroatoms. The predicted molar refractivity (Wildman–Crippen MR) is 86.9 cm³/mol. The van der Waals surface area contributed by atoms with E-state index in [-0.39, 0.29) is 5.76 Å². The van der Waals surface area contributed by atoms with Crippen LogP contribution in [0.3, 0.4) is 0 Å². The van der Waals surface area contributed by atoms with E-state index < -0.39 is 5.91 Å². The number of benzene rings is 1. The summed E-state index contributed by atoms with van der Waals surface area (Å²) in [6, 6.07) is 9.30. The van der Waals surface area contributed by atoms with Crippen LogP contribution in [-0.4, -0.2) is 22.5 Å². The number of carbonyl (C=O) groups is 1. The van der Waals surface area contributed by atoms with Gasteiger partial charge in [-0.2, -0.15) is 0 Å². The third-order valence-electron chi connectivity index (χ3n) is 3.10. The van der Waals surface area contributed by atoms with Gasteiger partial charge in [0.25, 0.3) is 0 Å². The van der Waals surface area contributed by atoms with Crippen LogP contribution in [0.4, 0.5) is 0 Å². The number of para-hydroxylation sites is 1. The molecule has 23 heavy (non-hydrogen) atoms. The van der Waals surface area contributed by atoms with Crippen LogP contribution in [-0.2, 0) is 10.6 Å². The highest BCUT2D eigenvalue weighted by Gasteiger charge is 2.20. The first-order valence-electron chi connectivity index (χ1n) is 7.12. The first-order valence-corrected chi connectivity index (χ1v) is 8.10. The molecule has 2 aromatic heterocycles. The largest absolute Gasteiger partial charge is 0.450 e. The molecule has 1 amide bonds. The highest BCUT2D eigenvalue weighted by Crippen LogP contribution is 2.30. The lowest BCUT2D eigenvalue weighted by Crippen LogP contribution is -2.24. The number of nitrogens with one attached hydrogen (secondary N) is 1. The van der Waals surface area contributed by atoms with Gasteiger partial charge in [-0.05, 0) is 19.1 Å². The second kappa shape index (κ2) is 7.26. The minimum absolute atomic E-state index is 0.253. The molecular formula is C16H15N3O3S. The number of nitrogens with zero attached hydrogens (tertiary/aromatic N) is 2. The molecule has 1 aromatic carbocycles. The molecule has 6 nitrogen and oxygen atoms in total. The van der Waals surface area contributed by atoms with Gasteiger partial charge in [-0.1, -0.05) is 30.0 Å². The van der Waals surface area contributed by atoms with Crippen molar-refractivity contribution in [3.05, 3.63) is 54.0 Å². The second-order valence-corrected chi connectivity index (χ2v) is 5.53. The minimum Gasteiger partial charge on any atom is -0.450 e. The number of rotatable bonds is 6. The summed E-state index contributed by atoms with van der Waals surface area (Å²) >= 11 is 1.45. The van der Waals surface area contributed by atoms with Crippen LogP contribution < -0.4 is 5.48 Å². The summed E-state index contributed by atoms with van der Waals surface area (Å²) < 4.78 is 5.70. The zero-order chi connectivity index (χ0) is 16.1. The third-order valence-corrected chi connectivity index (χ3v) is 4.00. The minimum atomic E-state index is -0.396. The van der Waals surface area contributed by atoms with E-state index >= 15 is 0 Å². The van der Waals surface area contributed by atoms with Crippen molar-refractivity contribution in [3.63, 3.8) is 0 Å². The van der Waals surface area contributed by atoms with Gasteiger partial charge in [0, 0.05) is 29.1 Å². The van der Waals surface area contributed by atoms with Gasteiger partial charge in [-0.25, -0.2) is 15.4 Å². The lowest BCUT2D eigenvalue weighted by Gasteiger charge is -2.04.